The number of esters is 1. The average molecular weight is 419 g/mol. The van der Waals surface area contributed by atoms with Crippen LogP contribution in [0.1, 0.15) is 47.4 Å². The first kappa shape index (κ1) is 21.6. The molecule has 3 rings (SSSR count). The van der Waals surface area contributed by atoms with E-state index >= 15 is 0 Å². The smallest absolute Gasteiger partial charge is 0.340 e. The summed E-state index contributed by atoms with van der Waals surface area (Å²) >= 11 is 0. The molecule has 1 N–H and O–H groups in total. The minimum Gasteiger partial charge on any atom is -0.496 e. The topological polar surface area (TPSA) is 114 Å². The van der Waals surface area contributed by atoms with Crippen LogP contribution in [0.5, 0.6) is 5.75 Å². The number of para-hydroxylation sites is 1. The fourth-order valence-corrected chi connectivity index (χ4v) is 2.75. The highest BCUT2D eigenvalue weighted by atomic mass is 16.6. The number of oxazole rings is 1. The largest absolute Gasteiger partial charge is 0.496 e. The summed E-state index contributed by atoms with van der Waals surface area (Å²) in [5, 5.41) is 11.8. The fourth-order valence-electron chi connectivity index (χ4n) is 2.75. The summed E-state index contributed by atoms with van der Waals surface area (Å²) in [5.74, 6) is -0.585. The molecular formula is C23H21N3O5. The first-order valence-corrected chi connectivity index (χ1v) is 9.40. The summed E-state index contributed by atoms with van der Waals surface area (Å²) < 4.78 is 16.3. The van der Waals surface area contributed by atoms with Crippen molar-refractivity contribution in [3.63, 3.8) is 0 Å². The SMILES string of the molecule is COc1ccccc1-c1cnc(C(=O)Nc2ccc(C#N)cc2C(=O)OC(C)(C)C)o1. The number of hydrogen-bond donors (Lipinski definition) is 1. The number of carbonyl (C=O) groups is 2. The normalized spacial score (nSPS) is 10.8. The van der Waals surface area contributed by atoms with Gasteiger partial charge in [-0.1, -0.05) is 12.1 Å². The Kier molecular flexibility index (Phi) is 6.07. The van der Waals surface area contributed by atoms with Crippen molar-refractivity contribution in [3.05, 3.63) is 65.7 Å². The summed E-state index contributed by atoms with van der Waals surface area (Å²) in [4.78, 5) is 29.3. The van der Waals surface area contributed by atoms with Crippen LogP contribution in [-0.4, -0.2) is 29.6 Å². The van der Waals surface area contributed by atoms with E-state index in [1.807, 2.05) is 18.2 Å². The zero-order chi connectivity index (χ0) is 22.6. The number of hydrogen-bond acceptors (Lipinski definition) is 7. The van der Waals surface area contributed by atoms with Crippen LogP contribution in [0.25, 0.3) is 11.3 Å². The highest BCUT2D eigenvalue weighted by Gasteiger charge is 2.23. The van der Waals surface area contributed by atoms with Crippen molar-refractivity contribution in [2.24, 2.45) is 0 Å². The van der Waals surface area contributed by atoms with Gasteiger partial charge in [-0.05, 0) is 51.1 Å². The van der Waals surface area contributed by atoms with Crippen molar-refractivity contribution in [1.29, 1.82) is 5.26 Å². The van der Waals surface area contributed by atoms with Gasteiger partial charge in [-0.3, -0.25) is 4.79 Å². The Morgan fingerprint density at radius 3 is 2.58 bits per heavy atom. The van der Waals surface area contributed by atoms with E-state index in [1.54, 1.807) is 32.9 Å². The van der Waals surface area contributed by atoms with Crippen molar-refractivity contribution in [2.45, 2.75) is 26.4 Å². The lowest BCUT2D eigenvalue weighted by Crippen LogP contribution is -2.25. The van der Waals surface area contributed by atoms with Crippen molar-refractivity contribution in [1.82, 2.24) is 4.98 Å². The Hall–Kier alpha value is -4.12. The van der Waals surface area contributed by atoms with E-state index in [-0.39, 0.29) is 22.7 Å². The lowest BCUT2D eigenvalue weighted by atomic mass is 10.1. The Labute approximate surface area is 179 Å². The van der Waals surface area contributed by atoms with E-state index < -0.39 is 17.5 Å². The number of nitrogens with zero attached hydrogens (tertiary/aromatic N) is 2. The molecule has 0 atom stereocenters. The zero-order valence-electron chi connectivity index (χ0n) is 17.6. The predicted octanol–water partition coefficient (Wildman–Crippen LogP) is 4.43. The van der Waals surface area contributed by atoms with Crippen molar-refractivity contribution < 1.29 is 23.5 Å². The maximum atomic E-state index is 12.7. The molecule has 0 unspecified atom stereocenters. The van der Waals surface area contributed by atoms with Gasteiger partial charge in [0.1, 0.15) is 11.4 Å². The molecule has 1 heterocycles. The van der Waals surface area contributed by atoms with Gasteiger partial charge in [0, 0.05) is 0 Å². The number of nitriles is 1. The van der Waals surface area contributed by atoms with Gasteiger partial charge in [0.15, 0.2) is 5.76 Å². The van der Waals surface area contributed by atoms with Gasteiger partial charge >= 0.3 is 11.9 Å². The number of benzene rings is 2. The van der Waals surface area contributed by atoms with Crippen LogP contribution >= 0.6 is 0 Å². The monoisotopic (exact) mass is 419 g/mol. The number of anilines is 1. The number of carbonyl (C=O) groups excluding carboxylic acids is 2. The Bertz CT molecular complexity index is 1170. The van der Waals surface area contributed by atoms with E-state index in [2.05, 4.69) is 10.3 Å². The molecule has 0 saturated carbocycles. The molecule has 31 heavy (non-hydrogen) atoms. The second kappa shape index (κ2) is 8.71. The highest BCUT2D eigenvalue weighted by Crippen LogP contribution is 2.30. The molecule has 0 fully saturated rings. The van der Waals surface area contributed by atoms with E-state index in [4.69, 9.17) is 19.2 Å². The lowest BCUT2D eigenvalue weighted by molar-refractivity contribution is 0.00707. The molecule has 8 heteroatoms. The third-order valence-corrected chi connectivity index (χ3v) is 4.09. The molecule has 0 radical (unpaired) electrons. The highest BCUT2D eigenvalue weighted by molar-refractivity contribution is 6.06. The molecule has 0 saturated heterocycles. The van der Waals surface area contributed by atoms with Crippen molar-refractivity contribution in [3.8, 4) is 23.1 Å². The van der Waals surface area contributed by atoms with Crippen LogP contribution < -0.4 is 10.1 Å². The van der Waals surface area contributed by atoms with Crippen molar-refractivity contribution in [2.75, 3.05) is 12.4 Å². The third kappa shape index (κ3) is 5.08. The second-order valence-corrected chi connectivity index (χ2v) is 7.56. The fraction of sp³-hybridized carbons (Fsp3) is 0.217. The van der Waals surface area contributed by atoms with E-state index in [1.165, 1.54) is 31.5 Å². The van der Waals surface area contributed by atoms with Crippen molar-refractivity contribution >= 4 is 17.6 Å². The maximum Gasteiger partial charge on any atom is 0.340 e. The molecule has 0 aliphatic heterocycles. The molecule has 0 bridgehead atoms. The van der Waals surface area contributed by atoms with Crippen LogP contribution in [0.3, 0.4) is 0 Å². The quantitative estimate of drug-likeness (QED) is 0.608. The average Bonchev–Trinajstić information content (AvgIpc) is 3.23. The molecule has 0 aliphatic carbocycles. The summed E-state index contributed by atoms with van der Waals surface area (Å²) in [6, 6.07) is 13.4. The Balaban J connectivity index is 1.88. The molecule has 8 nitrogen and oxygen atoms in total. The number of ether oxygens (including phenoxy) is 2. The third-order valence-electron chi connectivity index (χ3n) is 4.09. The summed E-state index contributed by atoms with van der Waals surface area (Å²) in [5.41, 5.74) is 0.389. The molecule has 1 amide bonds. The number of aromatic nitrogens is 1. The number of methoxy groups -OCH3 is 1. The summed E-state index contributed by atoms with van der Waals surface area (Å²) in [6.07, 6.45) is 1.42. The van der Waals surface area contributed by atoms with E-state index in [0.29, 0.717) is 17.1 Å². The second-order valence-electron chi connectivity index (χ2n) is 7.56. The van der Waals surface area contributed by atoms with Crippen LogP contribution in [0.2, 0.25) is 0 Å². The van der Waals surface area contributed by atoms with Crippen LogP contribution in [-0.2, 0) is 4.74 Å². The first-order valence-electron chi connectivity index (χ1n) is 9.40. The summed E-state index contributed by atoms with van der Waals surface area (Å²) in [6.45, 7) is 5.18. The van der Waals surface area contributed by atoms with E-state index in [9.17, 15) is 9.59 Å². The standard InChI is InChI=1S/C23H21N3O5/c1-23(2,3)31-22(28)16-11-14(12-24)9-10-17(16)26-20(27)21-25-13-19(30-21)15-7-5-6-8-18(15)29-4/h5-11,13H,1-4H3,(H,26,27). The maximum absolute atomic E-state index is 12.7. The molecule has 2 aromatic carbocycles. The molecule has 1 aromatic heterocycles. The summed E-state index contributed by atoms with van der Waals surface area (Å²) in [7, 11) is 1.53. The lowest BCUT2D eigenvalue weighted by Gasteiger charge is -2.20. The number of rotatable bonds is 5. The van der Waals surface area contributed by atoms with E-state index in [0.717, 1.165) is 0 Å². The zero-order valence-corrected chi connectivity index (χ0v) is 17.6. The van der Waals surface area contributed by atoms with Gasteiger partial charge < -0.3 is 19.2 Å². The number of nitrogens with one attached hydrogen (secondary N) is 1. The molecule has 3 aromatic rings. The van der Waals surface area contributed by atoms with Gasteiger partial charge in [0.25, 0.3) is 5.89 Å². The van der Waals surface area contributed by atoms with Gasteiger partial charge in [-0.2, -0.15) is 5.26 Å². The van der Waals surface area contributed by atoms with Gasteiger partial charge in [-0.25, -0.2) is 9.78 Å². The van der Waals surface area contributed by atoms with Gasteiger partial charge in [-0.15, -0.1) is 0 Å². The molecule has 0 spiro atoms. The Morgan fingerprint density at radius 2 is 1.90 bits per heavy atom. The van der Waals surface area contributed by atoms with Gasteiger partial charge in [0.2, 0.25) is 0 Å². The Morgan fingerprint density at radius 1 is 1.16 bits per heavy atom. The minimum atomic E-state index is -0.743. The molecule has 158 valence electrons. The van der Waals surface area contributed by atoms with Crippen LogP contribution in [0.15, 0.2) is 53.1 Å². The minimum absolute atomic E-state index is 0.0545. The number of amides is 1. The van der Waals surface area contributed by atoms with Gasteiger partial charge in [0.05, 0.1) is 41.8 Å². The van der Waals surface area contributed by atoms with Crippen LogP contribution in [0, 0.1) is 11.3 Å². The first-order chi connectivity index (χ1) is 14.7. The predicted molar refractivity (Wildman–Crippen MR) is 113 cm³/mol. The van der Waals surface area contributed by atoms with Crippen LogP contribution in [0.4, 0.5) is 5.69 Å². The molecule has 0 aliphatic rings. The molecular weight excluding hydrogens is 398 g/mol.